The number of aryl methyl sites for hydroxylation is 2. The largest absolute Gasteiger partial charge is 0.361 e. The second-order valence-electron chi connectivity index (χ2n) is 3.78. The van der Waals surface area contributed by atoms with E-state index >= 15 is 0 Å². The average Bonchev–Trinajstić information content (AvgIpc) is 2.87. The lowest BCUT2D eigenvalue weighted by molar-refractivity contribution is 0.391. The van der Waals surface area contributed by atoms with Crippen LogP contribution in [0.3, 0.4) is 0 Å². The first-order valence-corrected chi connectivity index (χ1v) is 5.19. The Labute approximate surface area is 93.4 Å². The van der Waals surface area contributed by atoms with Crippen molar-refractivity contribution in [2.75, 3.05) is 0 Å². The highest BCUT2D eigenvalue weighted by atomic mass is 16.5. The number of rotatable bonds is 4. The van der Waals surface area contributed by atoms with Gasteiger partial charge in [-0.3, -0.25) is 5.10 Å². The number of nitrogens with one attached hydrogen (secondary N) is 2. The molecule has 16 heavy (non-hydrogen) atoms. The Morgan fingerprint density at radius 1 is 1.50 bits per heavy atom. The van der Waals surface area contributed by atoms with Gasteiger partial charge in [-0.2, -0.15) is 5.10 Å². The molecule has 2 N–H and O–H groups in total. The van der Waals surface area contributed by atoms with E-state index in [1.807, 2.05) is 20.8 Å². The molecule has 2 aromatic heterocycles. The maximum Gasteiger partial charge on any atom is 0.141 e. The third-order valence-corrected chi connectivity index (χ3v) is 2.61. The summed E-state index contributed by atoms with van der Waals surface area (Å²) in [7, 11) is 0. The van der Waals surface area contributed by atoms with Crippen molar-refractivity contribution in [2.45, 2.75) is 33.4 Å². The fourth-order valence-corrected chi connectivity index (χ4v) is 1.53. The Bertz CT molecular complexity index is 428. The van der Waals surface area contributed by atoms with Crippen LogP contribution in [0.5, 0.6) is 0 Å². The van der Waals surface area contributed by atoms with E-state index in [1.54, 1.807) is 0 Å². The molecular formula is C10H15N5O. The highest BCUT2D eigenvalue weighted by molar-refractivity contribution is 5.20. The van der Waals surface area contributed by atoms with Crippen molar-refractivity contribution in [1.82, 2.24) is 25.7 Å². The quantitative estimate of drug-likeness (QED) is 0.812. The minimum atomic E-state index is 0.121. The van der Waals surface area contributed by atoms with Crippen LogP contribution >= 0.6 is 0 Å². The van der Waals surface area contributed by atoms with Crippen molar-refractivity contribution in [3.05, 3.63) is 29.2 Å². The summed E-state index contributed by atoms with van der Waals surface area (Å²) in [5.41, 5.74) is 2.03. The molecule has 0 aliphatic rings. The highest BCUT2D eigenvalue weighted by Crippen LogP contribution is 2.13. The number of hydrogen-bond donors (Lipinski definition) is 2. The van der Waals surface area contributed by atoms with E-state index in [2.05, 4.69) is 25.7 Å². The van der Waals surface area contributed by atoms with Gasteiger partial charge in [-0.1, -0.05) is 5.16 Å². The number of hydrogen-bond acceptors (Lipinski definition) is 5. The molecule has 0 spiro atoms. The molecule has 6 nitrogen and oxygen atoms in total. The summed E-state index contributed by atoms with van der Waals surface area (Å²) < 4.78 is 5.09. The van der Waals surface area contributed by atoms with Gasteiger partial charge in [0.25, 0.3) is 0 Å². The first-order chi connectivity index (χ1) is 7.68. The molecule has 1 unspecified atom stereocenters. The second-order valence-corrected chi connectivity index (χ2v) is 3.78. The topological polar surface area (TPSA) is 79.6 Å². The zero-order chi connectivity index (χ0) is 11.5. The van der Waals surface area contributed by atoms with Crippen molar-refractivity contribution in [2.24, 2.45) is 0 Å². The summed E-state index contributed by atoms with van der Waals surface area (Å²) >= 11 is 0. The third-order valence-electron chi connectivity index (χ3n) is 2.61. The van der Waals surface area contributed by atoms with Crippen LogP contribution in [0.1, 0.15) is 35.8 Å². The molecular weight excluding hydrogens is 206 g/mol. The van der Waals surface area contributed by atoms with Crippen LogP contribution in [0.15, 0.2) is 10.9 Å². The molecule has 1 atom stereocenters. The van der Waals surface area contributed by atoms with Gasteiger partial charge < -0.3 is 9.84 Å². The molecule has 0 fully saturated rings. The smallest absolute Gasteiger partial charge is 0.141 e. The van der Waals surface area contributed by atoms with Crippen molar-refractivity contribution in [1.29, 1.82) is 0 Å². The zero-order valence-corrected chi connectivity index (χ0v) is 9.61. The van der Waals surface area contributed by atoms with E-state index in [-0.39, 0.29) is 6.04 Å². The monoisotopic (exact) mass is 221 g/mol. The Kier molecular flexibility index (Phi) is 3.00. The van der Waals surface area contributed by atoms with Gasteiger partial charge in [0.2, 0.25) is 0 Å². The molecule has 0 aromatic carbocycles. The van der Waals surface area contributed by atoms with Gasteiger partial charge in [0.05, 0.1) is 11.7 Å². The van der Waals surface area contributed by atoms with E-state index in [1.165, 1.54) is 6.33 Å². The van der Waals surface area contributed by atoms with Crippen molar-refractivity contribution < 1.29 is 4.52 Å². The molecule has 0 saturated carbocycles. The molecule has 0 bridgehead atoms. The fraction of sp³-hybridized carbons (Fsp3) is 0.500. The summed E-state index contributed by atoms with van der Waals surface area (Å²) in [5, 5.41) is 13.9. The molecule has 6 heteroatoms. The summed E-state index contributed by atoms with van der Waals surface area (Å²) in [6, 6.07) is 0.121. The first-order valence-electron chi connectivity index (χ1n) is 5.19. The summed E-state index contributed by atoms with van der Waals surface area (Å²) in [6.45, 7) is 6.59. The Balaban J connectivity index is 1.98. The van der Waals surface area contributed by atoms with Crippen LogP contribution in [0.2, 0.25) is 0 Å². The van der Waals surface area contributed by atoms with Gasteiger partial charge in [0.1, 0.15) is 17.9 Å². The maximum atomic E-state index is 5.09. The lowest BCUT2D eigenvalue weighted by Crippen LogP contribution is -2.19. The van der Waals surface area contributed by atoms with Gasteiger partial charge in [-0.15, -0.1) is 0 Å². The maximum absolute atomic E-state index is 5.09. The standard InChI is InChI=1S/C10H15N5O/c1-6-9(8(3)16-15-6)4-11-7(2)10-12-5-13-14-10/h5,7,11H,4H2,1-3H3,(H,12,13,14). The van der Waals surface area contributed by atoms with Crippen molar-refractivity contribution in [3.8, 4) is 0 Å². The van der Waals surface area contributed by atoms with Crippen LogP contribution in [0.25, 0.3) is 0 Å². The predicted molar refractivity (Wildman–Crippen MR) is 57.6 cm³/mol. The van der Waals surface area contributed by atoms with Gasteiger partial charge >= 0.3 is 0 Å². The Morgan fingerprint density at radius 2 is 2.31 bits per heavy atom. The van der Waals surface area contributed by atoms with Crippen LogP contribution in [0, 0.1) is 13.8 Å². The van der Waals surface area contributed by atoms with Gasteiger partial charge in [0.15, 0.2) is 0 Å². The lowest BCUT2D eigenvalue weighted by Gasteiger charge is -2.10. The van der Waals surface area contributed by atoms with Crippen LogP contribution in [-0.2, 0) is 6.54 Å². The molecule has 2 heterocycles. The van der Waals surface area contributed by atoms with Crippen molar-refractivity contribution >= 4 is 0 Å². The third kappa shape index (κ3) is 2.11. The Hall–Kier alpha value is -1.69. The second kappa shape index (κ2) is 4.44. The average molecular weight is 221 g/mol. The normalized spacial score (nSPS) is 12.9. The molecule has 86 valence electrons. The predicted octanol–water partition coefficient (Wildman–Crippen LogP) is 1.26. The molecule has 2 aromatic rings. The molecule has 2 rings (SSSR count). The lowest BCUT2D eigenvalue weighted by atomic mass is 10.2. The zero-order valence-electron chi connectivity index (χ0n) is 9.61. The van der Waals surface area contributed by atoms with E-state index in [0.717, 1.165) is 22.8 Å². The molecule has 0 saturated heterocycles. The van der Waals surface area contributed by atoms with Crippen LogP contribution in [-0.4, -0.2) is 20.3 Å². The van der Waals surface area contributed by atoms with Crippen LogP contribution < -0.4 is 5.32 Å². The molecule has 0 aliphatic carbocycles. The van der Waals surface area contributed by atoms with Gasteiger partial charge in [-0.05, 0) is 20.8 Å². The number of aromatic nitrogens is 4. The van der Waals surface area contributed by atoms with Gasteiger partial charge in [-0.25, -0.2) is 4.98 Å². The van der Waals surface area contributed by atoms with E-state index in [4.69, 9.17) is 4.52 Å². The van der Waals surface area contributed by atoms with Gasteiger partial charge in [0, 0.05) is 12.1 Å². The Morgan fingerprint density at radius 3 is 2.88 bits per heavy atom. The molecule has 0 amide bonds. The molecule has 0 aliphatic heterocycles. The SMILES string of the molecule is Cc1noc(C)c1CNC(C)c1ncn[nH]1. The summed E-state index contributed by atoms with van der Waals surface area (Å²) in [5.74, 6) is 1.68. The minimum Gasteiger partial charge on any atom is -0.361 e. The summed E-state index contributed by atoms with van der Waals surface area (Å²) in [4.78, 5) is 4.09. The minimum absolute atomic E-state index is 0.121. The van der Waals surface area contributed by atoms with E-state index in [0.29, 0.717) is 6.54 Å². The van der Waals surface area contributed by atoms with Crippen molar-refractivity contribution in [3.63, 3.8) is 0 Å². The summed E-state index contributed by atoms with van der Waals surface area (Å²) in [6.07, 6.45) is 1.50. The number of aromatic amines is 1. The fourth-order valence-electron chi connectivity index (χ4n) is 1.53. The van der Waals surface area contributed by atoms with Crippen LogP contribution in [0.4, 0.5) is 0 Å². The first kappa shape index (κ1) is 10.8. The molecule has 0 radical (unpaired) electrons. The number of nitrogens with zero attached hydrogens (tertiary/aromatic N) is 3. The highest BCUT2D eigenvalue weighted by Gasteiger charge is 2.12. The van der Waals surface area contributed by atoms with E-state index < -0.39 is 0 Å². The number of H-pyrrole nitrogens is 1. The van der Waals surface area contributed by atoms with E-state index in [9.17, 15) is 0 Å².